The van der Waals surface area contributed by atoms with Crippen LogP contribution in [0.5, 0.6) is 5.75 Å². The van der Waals surface area contributed by atoms with E-state index in [9.17, 15) is 0 Å². The fourth-order valence-electron chi connectivity index (χ4n) is 1.57. The average molecular weight is 334 g/mol. The summed E-state index contributed by atoms with van der Waals surface area (Å²) in [5.41, 5.74) is 0.548. The zero-order valence-electron chi connectivity index (χ0n) is 8.51. The monoisotopic (exact) mass is 332 g/mol. The summed E-state index contributed by atoms with van der Waals surface area (Å²) in [7, 11) is 0. The molecule has 1 saturated carbocycles. The van der Waals surface area contributed by atoms with Crippen molar-refractivity contribution in [3.63, 3.8) is 0 Å². The summed E-state index contributed by atoms with van der Waals surface area (Å²) in [4.78, 5) is 0. The zero-order valence-corrected chi connectivity index (χ0v) is 11.7. The number of ether oxygens (including phenoxy) is 1. The van der Waals surface area contributed by atoms with Gasteiger partial charge < -0.3 is 4.74 Å². The van der Waals surface area contributed by atoms with Gasteiger partial charge in [-0.2, -0.15) is 0 Å². The van der Waals surface area contributed by atoms with Crippen molar-refractivity contribution in [3.05, 3.63) is 28.7 Å². The first-order valence-corrected chi connectivity index (χ1v) is 7.10. The SMILES string of the molecule is BrCC1(CCOc2cccc(Br)c2)CC1. The second-order valence-corrected chi connectivity index (χ2v) is 5.67. The molecule has 1 aliphatic rings. The molecule has 82 valence electrons. The summed E-state index contributed by atoms with van der Waals surface area (Å²) >= 11 is 7.00. The van der Waals surface area contributed by atoms with Gasteiger partial charge in [0.15, 0.2) is 0 Å². The summed E-state index contributed by atoms with van der Waals surface area (Å²) in [5.74, 6) is 0.953. The molecule has 1 aliphatic carbocycles. The van der Waals surface area contributed by atoms with E-state index in [1.807, 2.05) is 24.3 Å². The molecular formula is C12H14Br2O. The van der Waals surface area contributed by atoms with E-state index in [0.717, 1.165) is 28.6 Å². The van der Waals surface area contributed by atoms with Gasteiger partial charge in [-0.25, -0.2) is 0 Å². The number of rotatable bonds is 5. The minimum absolute atomic E-state index is 0.548. The first-order valence-electron chi connectivity index (χ1n) is 5.18. The lowest BCUT2D eigenvalue weighted by Crippen LogP contribution is -2.08. The third-order valence-corrected chi connectivity index (χ3v) is 4.62. The molecule has 0 aromatic heterocycles. The number of benzene rings is 1. The normalized spacial score (nSPS) is 17.5. The van der Waals surface area contributed by atoms with Gasteiger partial charge in [0.25, 0.3) is 0 Å². The van der Waals surface area contributed by atoms with E-state index in [4.69, 9.17) is 4.74 Å². The molecule has 1 aromatic rings. The van der Waals surface area contributed by atoms with Crippen LogP contribution in [0.25, 0.3) is 0 Å². The summed E-state index contributed by atoms with van der Waals surface area (Å²) in [5, 5.41) is 1.11. The molecule has 0 aliphatic heterocycles. The zero-order chi connectivity index (χ0) is 10.7. The van der Waals surface area contributed by atoms with Crippen molar-refractivity contribution in [1.29, 1.82) is 0 Å². The fourth-order valence-corrected chi connectivity index (χ4v) is 2.79. The van der Waals surface area contributed by atoms with Crippen LogP contribution in [-0.4, -0.2) is 11.9 Å². The van der Waals surface area contributed by atoms with Crippen LogP contribution in [0.15, 0.2) is 28.7 Å². The molecule has 0 bridgehead atoms. The molecule has 0 radical (unpaired) electrons. The molecule has 3 heteroatoms. The van der Waals surface area contributed by atoms with Gasteiger partial charge in [-0.05, 0) is 42.9 Å². The Morgan fingerprint density at radius 2 is 2.13 bits per heavy atom. The molecule has 1 aromatic carbocycles. The predicted molar refractivity (Wildman–Crippen MR) is 69.7 cm³/mol. The van der Waals surface area contributed by atoms with Gasteiger partial charge in [0.2, 0.25) is 0 Å². The Labute approximate surface area is 107 Å². The fraction of sp³-hybridized carbons (Fsp3) is 0.500. The Morgan fingerprint density at radius 1 is 1.33 bits per heavy atom. The third-order valence-electron chi connectivity index (χ3n) is 2.94. The Balaban J connectivity index is 1.78. The van der Waals surface area contributed by atoms with E-state index in [0.29, 0.717) is 5.41 Å². The number of alkyl halides is 1. The van der Waals surface area contributed by atoms with Gasteiger partial charge >= 0.3 is 0 Å². The average Bonchev–Trinajstić information content (AvgIpc) is 2.99. The molecule has 0 heterocycles. The van der Waals surface area contributed by atoms with Gasteiger partial charge in [-0.1, -0.05) is 37.9 Å². The molecule has 1 nitrogen and oxygen atoms in total. The standard InChI is InChI=1S/C12H14Br2O/c13-9-12(4-5-12)6-7-15-11-3-1-2-10(14)8-11/h1-3,8H,4-7,9H2. The largest absolute Gasteiger partial charge is 0.494 e. The van der Waals surface area contributed by atoms with Crippen LogP contribution < -0.4 is 4.74 Å². The minimum Gasteiger partial charge on any atom is -0.494 e. The summed E-state index contributed by atoms with van der Waals surface area (Å²) in [6.45, 7) is 0.821. The van der Waals surface area contributed by atoms with Crippen LogP contribution in [0.4, 0.5) is 0 Å². The van der Waals surface area contributed by atoms with E-state index in [2.05, 4.69) is 31.9 Å². The lowest BCUT2D eigenvalue weighted by Gasteiger charge is -2.12. The van der Waals surface area contributed by atoms with Crippen molar-refractivity contribution >= 4 is 31.9 Å². The quantitative estimate of drug-likeness (QED) is 0.726. The highest BCUT2D eigenvalue weighted by molar-refractivity contribution is 9.10. The van der Waals surface area contributed by atoms with Crippen molar-refractivity contribution in [1.82, 2.24) is 0 Å². The Bertz CT molecular complexity index is 334. The lowest BCUT2D eigenvalue weighted by molar-refractivity contribution is 0.279. The maximum Gasteiger partial charge on any atom is 0.120 e. The van der Waals surface area contributed by atoms with E-state index < -0.39 is 0 Å². The Kier molecular flexibility index (Phi) is 3.73. The Morgan fingerprint density at radius 3 is 2.73 bits per heavy atom. The van der Waals surface area contributed by atoms with E-state index in [-0.39, 0.29) is 0 Å². The third kappa shape index (κ3) is 3.22. The number of halogens is 2. The van der Waals surface area contributed by atoms with Crippen molar-refractivity contribution in [2.45, 2.75) is 19.3 Å². The van der Waals surface area contributed by atoms with Crippen LogP contribution in [0.2, 0.25) is 0 Å². The smallest absolute Gasteiger partial charge is 0.120 e. The molecule has 0 atom stereocenters. The van der Waals surface area contributed by atoms with E-state index in [1.54, 1.807) is 0 Å². The van der Waals surface area contributed by atoms with Gasteiger partial charge in [0.1, 0.15) is 5.75 Å². The molecule has 15 heavy (non-hydrogen) atoms. The van der Waals surface area contributed by atoms with Crippen molar-refractivity contribution in [2.24, 2.45) is 5.41 Å². The second-order valence-electron chi connectivity index (χ2n) is 4.19. The summed E-state index contributed by atoms with van der Waals surface area (Å²) in [6.07, 6.45) is 3.85. The van der Waals surface area contributed by atoms with E-state index >= 15 is 0 Å². The van der Waals surface area contributed by atoms with Crippen LogP contribution >= 0.6 is 31.9 Å². The van der Waals surface area contributed by atoms with Gasteiger partial charge in [-0.15, -0.1) is 0 Å². The topological polar surface area (TPSA) is 9.23 Å². The molecule has 2 rings (SSSR count). The van der Waals surface area contributed by atoms with E-state index in [1.165, 1.54) is 12.8 Å². The van der Waals surface area contributed by atoms with Crippen molar-refractivity contribution < 1.29 is 4.74 Å². The van der Waals surface area contributed by atoms with Crippen molar-refractivity contribution in [3.8, 4) is 5.75 Å². The highest BCUT2D eigenvalue weighted by Crippen LogP contribution is 2.49. The maximum absolute atomic E-state index is 5.71. The van der Waals surface area contributed by atoms with Gasteiger partial charge in [-0.3, -0.25) is 0 Å². The van der Waals surface area contributed by atoms with Crippen LogP contribution in [0.1, 0.15) is 19.3 Å². The lowest BCUT2D eigenvalue weighted by atomic mass is 10.1. The second kappa shape index (κ2) is 4.88. The van der Waals surface area contributed by atoms with Crippen LogP contribution in [0, 0.1) is 5.41 Å². The summed E-state index contributed by atoms with van der Waals surface area (Å²) in [6, 6.07) is 8.01. The molecule has 0 saturated heterocycles. The summed E-state index contributed by atoms with van der Waals surface area (Å²) < 4.78 is 6.78. The number of hydrogen-bond acceptors (Lipinski definition) is 1. The molecule has 1 fully saturated rings. The minimum atomic E-state index is 0.548. The molecule has 0 unspecified atom stereocenters. The Hall–Kier alpha value is -0.0200. The molecule has 0 amide bonds. The first kappa shape index (κ1) is 11.5. The molecular weight excluding hydrogens is 320 g/mol. The number of hydrogen-bond donors (Lipinski definition) is 0. The van der Waals surface area contributed by atoms with Crippen LogP contribution in [-0.2, 0) is 0 Å². The first-order chi connectivity index (χ1) is 7.24. The van der Waals surface area contributed by atoms with Gasteiger partial charge in [0, 0.05) is 9.80 Å². The predicted octanol–water partition coefficient (Wildman–Crippen LogP) is 4.39. The molecule has 0 spiro atoms. The highest BCUT2D eigenvalue weighted by Gasteiger charge is 2.40. The van der Waals surface area contributed by atoms with Crippen molar-refractivity contribution in [2.75, 3.05) is 11.9 Å². The highest BCUT2D eigenvalue weighted by atomic mass is 79.9. The molecule has 0 N–H and O–H groups in total. The van der Waals surface area contributed by atoms with Crippen LogP contribution in [0.3, 0.4) is 0 Å². The maximum atomic E-state index is 5.71. The van der Waals surface area contributed by atoms with Gasteiger partial charge in [0.05, 0.1) is 6.61 Å².